The Bertz CT molecular complexity index is 730. The predicted molar refractivity (Wildman–Crippen MR) is 100.0 cm³/mol. The number of rotatable bonds is 6. The molecule has 28 heavy (non-hydrogen) atoms. The van der Waals surface area contributed by atoms with Crippen molar-refractivity contribution in [2.24, 2.45) is 11.7 Å². The Morgan fingerprint density at radius 1 is 1.36 bits per heavy atom. The molecule has 0 spiro atoms. The van der Waals surface area contributed by atoms with Crippen molar-refractivity contribution in [3.05, 3.63) is 35.4 Å². The van der Waals surface area contributed by atoms with Gasteiger partial charge in [-0.05, 0) is 38.0 Å². The summed E-state index contributed by atoms with van der Waals surface area (Å²) in [5.41, 5.74) is 6.12. The molecule has 1 saturated heterocycles. The quantitative estimate of drug-likeness (QED) is 0.716. The Balaban J connectivity index is 2.01. The lowest BCUT2D eigenvalue weighted by Gasteiger charge is -2.33. The van der Waals surface area contributed by atoms with Gasteiger partial charge in [-0.3, -0.25) is 9.18 Å². The topological polar surface area (TPSA) is 70.1 Å². The molecule has 1 heterocycles. The summed E-state index contributed by atoms with van der Waals surface area (Å²) >= 11 is 1.35. The Morgan fingerprint density at radius 3 is 2.46 bits per heavy atom. The zero-order chi connectivity index (χ0) is 21.1. The molecule has 1 aliphatic rings. The molecule has 0 saturated carbocycles. The van der Waals surface area contributed by atoms with E-state index in [-0.39, 0.29) is 12.5 Å². The maximum atomic E-state index is 12.9. The molecule has 1 amide bonds. The number of hydrogen-bond donors (Lipinski definition) is 1. The van der Waals surface area contributed by atoms with E-state index in [1.165, 1.54) is 28.8 Å². The molecular formula is C19H23F4N3OS. The highest BCUT2D eigenvalue weighted by Crippen LogP contribution is 2.34. The van der Waals surface area contributed by atoms with E-state index in [0.717, 1.165) is 12.1 Å². The number of thioether (sulfide) groups is 1. The zero-order valence-corrected chi connectivity index (χ0v) is 16.5. The predicted octanol–water partition coefficient (Wildman–Crippen LogP) is 3.75. The van der Waals surface area contributed by atoms with E-state index in [1.807, 2.05) is 6.07 Å². The molecule has 1 unspecified atom stereocenters. The summed E-state index contributed by atoms with van der Waals surface area (Å²) in [6.07, 6.45) is -4.09. The highest BCUT2D eigenvalue weighted by Gasteiger charge is 2.42. The number of nitrogens with zero attached hydrogens (tertiary/aromatic N) is 2. The van der Waals surface area contributed by atoms with Crippen LogP contribution in [-0.4, -0.2) is 40.9 Å². The van der Waals surface area contributed by atoms with Crippen LogP contribution in [0.25, 0.3) is 0 Å². The molecule has 0 radical (unpaired) electrons. The summed E-state index contributed by atoms with van der Waals surface area (Å²) in [6.45, 7) is 3.12. The standard InChI is InChI=1S/C19H23F4N3OS/c1-18(2,28-11-12-3-5-14(6-4-12)19(21,22)23)16(25)17(27)26-10-13(8-20)7-15(26)9-24/h3-6,13,15-16H,7-8,10-11,25H2,1-2H3/t13?,15-,16+/m0/s1. The molecule has 3 atom stereocenters. The zero-order valence-electron chi connectivity index (χ0n) is 15.7. The number of amides is 1. The van der Waals surface area contributed by atoms with E-state index >= 15 is 0 Å². The number of carbonyl (C=O) groups is 1. The Labute approximate surface area is 166 Å². The number of nitriles is 1. The van der Waals surface area contributed by atoms with Gasteiger partial charge in [-0.2, -0.15) is 18.4 Å². The maximum absolute atomic E-state index is 12.9. The normalized spacial score (nSPS) is 21.4. The van der Waals surface area contributed by atoms with Gasteiger partial charge in [0.25, 0.3) is 0 Å². The maximum Gasteiger partial charge on any atom is 0.416 e. The second kappa shape index (κ2) is 8.70. The summed E-state index contributed by atoms with van der Waals surface area (Å²) in [4.78, 5) is 14.1. The first-order chi connectivity index (χ1) is 13.0. The van der Waals surface area contributed by atoms with Gasteiger partial charge < -0.3 is 10.6 Å². The fraction of sp³-hybridized carbons (Fsp3) is 0.579. The lowest BCUT2D eigenvalue weighted by Crippen LogP contribution is -2.54. The van der Waals surface area contributed by atoms with E-state index in [1.54, 1.807) is 13.8 Å². The Hall–Kier alpha value is -1.79. The number of halogens is 4. The fourth-order valence-electron chi connectivity index (χ4n) is 3.03. The van der Waals surface area contributed by atoms with Crippen LogP contribution in [0.3, 0.4) is 0 Å². The number of benzene rings is 1. The third kappa shape index (κ3) is 5.17. The van der Waals surface area contributed by atoms with Gasteiger partial charge in [0.15, 0.2) is 0 Å². The average molecular weight is 417 g/mol. The van der Waals surface area contributed by atoms with Crippen molar-refractivity contribution in [1.82, 2.24) is 4.90 Å². The van der Waals surface area contributed by atoms with Crippen molar-refractivity contribution in [3.8, 4) is 6.07 Å². The first kappa shape index (κ1) is 22.5. The second-order valence-electron chi connectivity index (χ2n) is 7.46. The van der Waals surface area contributed by atoms with Crippen LogP contribution < -0.4 is 5.73 Å². The van der Waals surface area contributed by atoms with Crippen molar-refractivity contribution in [3.63, 3.8) is 0 Å². The SMILES string of the molecule is CC(C)(SCc1ccc(C(F)(F)F)cc1)[C@H](N)C(=O)N1CC(CF)C[C@H]1C#N. The van der Waals surface area contributed by atoms with Gasteiger partial charge in [0, 0.05) is 23.0 Å². The van der Waals surface area contributed by atoms with Gasteiger partial charge in [0.05, 0.1) is 24.3 Å². The highest BCUT2D eigenvalue weighted by molar-refractivity contribution is 7.99. The smallest absolute Gasteiger partial charge is 0.325 e. The van der Waals surface area contributed by atoms with Crippen LogP contribution in [0.1, 0.15) is 31.4 Å². The third-order valence-corrected chi connectivity index (χ3v) is 6.42. The molecule has 1 aromatic rings. The van der Waals surface area contributed by atoms with Crippen LogP contribution in [0, 0.1) is 17.2 Å². The molecule has 154 valence electrons. The van der Waals surface area contributed by atoms with E-state index in [2.05, 4.69) is 0 Å². The molecule has 0 aliphatic carbocycles. The van der Waals surface area contributed by atoms with Gasteiger partial charge in [0.2, 0.25) is 5.91 Å². The average Bonchev–Trinajstić information content (AvgIpc) is 3.08. The van der Waals surface area contributed by atoms with Gasteiger partial charge in [-0.1, -0.05) is 12.1 Å². The summed E-state index contributed by atoms with van der Waals surface area (Å²) < 4.78 is 50.1. The highest BCUT2D eigenvalue weighted by atomic mass is 32.2. The minimum Gasteiger partial charge on any atom is -0.325 e. The minimum absolute atomic E-state index is 0.168. The molecule has 1 fully saturated rings. The Morgan fingerprint density at radius 2 is 1.96 bits per heavy atom. The number of carbonyl (C=O) groups excluding carboxylic acids is 1. The van der Waals surface area contributed by atoms with Gasteiger partial charge in [-0.15, -0.1) is 11.8 Å². The molecule has 1 aliphatic heterocycles. The monoisotopic (exact) mass is 417 g/mol. The molecule has 2 rings (SSSR count). The molecule has 2 N–H and O–H groups in total. The van der Waals surface area contributed by atoms with Crippen molar-refractivity contribution in [2.45, 2.75) is 49.0 Å². The van der Waals surface area contributed by atoms with Gasteiger partial charge >= 0.3 is 6.18 Å². The van der Waals surface area contributed by atoms with E-state index < -0.39 is 41.2 Å². The second-order valence-corrected chi connectivity index (χ2v) is 9.09. The Kier molecular flexibility index (Phi) is 6.99. The lowest BCUT2D eigenvalue weighted by molar-refractivity contribution is -0.137. The minimum atomic E-state index is -4.38. The van der Waals surface area contributed by atoms with Crippen molar-refractivity contribution in [2.75, 3.05) is 13.2 Å². The summed E-state index contributed by atoms with van der Waals surface area (Å²) in [7, 11) is 0. The summed E-state index contributed by atoms with van der Waals surface area (Å²) in [6, 6.07) is 5.25. The molecule has 4 nitrogen and oxygen atoms in total. The van der Waals surface area contributed by atoms with Gasteiger partial charge in [0.1, 0.15) is 6.04 Å². The van der Waals surface area contributed by atoms with Gasteiger partial charge in [-0.25, -0.2) is 0 Å². The molecule has 1 aromatic carbocycles. The molecular weight excluding hydrogens is 394 g/mol. The van der Waals surface area contributed by atoms with E-state index in [0.29, 0.717) is 17.7 Å². The number of hydrogen-bond acceptors (Lipinski definition) is 4. The lowest BCUT2D eigenvalue weighted by atomic mass is 10.0. The van der Waals surface area contributed by atoms with Crippen LogP contribution in [0.5, 0.6) is 0 Å². The summed E-state index contributed by atoms with van der Waals surface area (Å²) in [5.74, 6) is -0.392. The van der Waals surface area contributed by atoms with E-state index in [4.69, 9.17) is 5.73 Å². The third-order valence-electron chi connectivity index (χ3n) is 4.95. The van der Waals surface area contributed by atoms with Crippen LogP contribution in [0.15, 0.2) is 24.3 Å². The number of likely N-dealkylation sites (tertiary alicyclic amines) is 1. The van der Waals surface area contributed by atoms with Crippen molar-refractivity contribution >= 4 is 17.7 Å². The first-order valence-electron chi connectivity index (χ1n) is 8.81. The van der Waals surface area contributed by atoms with Crippen LogP contribution >= 0.6 is 11.8 Å². The van der Waals surface area contributed by atoms with E-state index in [9.17, 15) is 27.6 Å². The molecule has 0 bridgehead atoms. The van der Waals surface area contributed by atoms with Crippen LogP contribution in [0.2, 0.25) is 0 Å². The van der Waals surface area contributed by atoms with Crippen molar-refractivity contribution in [1.29, 1.82) is 5.26 Å². The number of nitrogens with two attached hydrogens (primary N) is 1. The fourth-order valence-corrected chi connectivity index (χ4v) is 4.04. The first-order valence-corrected chi connectivity index (χ1v) is 9.80. The summed E-state index contributed by atoms with van der Waals surface area (Å²) in [5, 5.41) is 9.22. The van der Waals surface area contributed by atoms with Crippen LogP contribution in [-0.2, 0) is 16.7 Å². The number of alkyl halides is 4. The van der Waals surface area contributed by atoms with Crippen molar-refractivity contribution < 1.29 is 22.4 Å². The molecule has 0 aromatic heterocycles. The largest absolute Gasteiger partial charge is 0.416 e. The molecule has 9 heteroatoms. The van der Waals surface area contributed by atoms with Crippen LogP contribution in [0.4, 0.5) is 17.6 Å².